The number of esters is 1. The highest BCUT2D eigenvalue weighted by molar-refractivity contribution is 8.77. The molecule has 4 bridgehead atoms. The number of anilines is 1. The Balaban J connectivity index is 1.02. The first-order valence-electron chi connectivity index (χ1n) is 26.2. The van der Waals surface area contributed by atoms with Crippen LogP contribution in [0.4, 0.5) is 10.5 Å². The first kappa shape index (κ1) is 63.9. The normalized spacial score (nSPS) is 25.8. The summed E-state index contributed by atoms with van der Waals surface area (Å²) >= 11 is 6.83. The molecular weight excluding hydrogens is 1120 g/mol. The molecule has 3 saturated heterocycles. The number of ether oxygens (including phenoxy) is 6. The molecule has 0 unspecified atom stereocenters. The van der Waals surface area contributed by atoms with Crippen molar-refractivity contribution in [1.82, 2.24) is 30.7 Å². The van der Waals surface area contributed by atoms with Crippen LogP contribution >= 0.6 is 33.2 Å². The maximum absolute atomic E-state index is 14.4. The molecule has 0 aliphatic carbocycles. The van der Waals surface area contributed by atoms with Crippen molar-refractivity contribution < 1.29 is 76.7 Å². The summed E-state index contributed by atoms with van der Waals surface area (Å²) in [6.07, 6.45) is 3.56. The highest BCUT2D eigenvalue weighted by Crippen LogP contribution is 2.49. The van der Waals surface area contributed by atoms with Crippen LogP contribution in [0.5, 0.6) is 11.8 Å². The average Bonchev–Trinajstić information content (AvgIpc) is 4.01. The molecule has 6 amide bonds. The summed E-state index contributed by atoms with van der Waals surface area (Å²) in [6.45, 7) is 12.4. The fourth-order valence-corrected chi connectivity index (χ4v) is 12.0. The minimum atomic E-state index is -1.88. The second kappa shape index (κ2) is 27.6. The van der Waals surface area contributed by atoms with Crippen molar-refractivity contribution >= 4 is 92.2 Å². The number of aliphatic hydroxyl groups is 1. The number of alkyl carbamates (subject to hydrolysis) is 1. The van der Waals surface area contributed by atoms with Gasteiger partial charge in [-0.25, -0.2) is 29.8 Å². The van der Waals surface area contributed by atoms with Crippen LogP contribution in [0.2, 0.25) is 5.02 Å². The maximum Gasteiger partial charge on any atom is 0.409 e. The van der Waals surface area contributed by atoms with Gasteiger partial charge in [-0.3, -0.25) is 29.3 Å². The molecule has 1 aromatic carbocycles. The third-order valence-corrected chi connectivity index (χ3v) is 17.8. The zero-order chi connectivity index (χ0) is 59.6. The molecule has 4 aliphatic heterocycles. The number of allylic oxidation sites excluding steroid dienone is 3. The molecule has 3 fully saturated rings. The number of rotatable bonds is 20. The highest BCUT2D eigenvalue weighted by atomic mass is 35.5. The van der Waals surface area contributed by atoms with Crippen molar-refractivity contribution in [1.29, 1.82) is 0 Å². The topological polar surface area (TPSA) is 297 Å². The van der Waals surface area contributed by atoms with Crippen LogP contribution in [-0.2, 0) is 63.8 Å². The predicted molar refractivity (Wildman–Crippen MR) is 299 cm³/mol. The number of methoxy groups -OCH3 is 2. The second-order valence-electron chi connectivity index (χ2n) is 21.0. The van der Waals surface area contributed by atoms with E-state index in [9.17, 15) is 43.5 Å². The van der Waals surface area contributed by atoms with E-state index in [2.05, 4.69) is 25.8 Å². The van der Waals surface area contributed by atoms with E-state index in [1.165, 1.54) is 72.0 Å². The first-order chi connectivity index (χ1) is 38.2. The highest BCUT2D eigenvalue weighted by Gasteiger charge is 2.64. The number of nitrogens with one attached hydrogen (secondary N) is 2. The van der Waals surface area contributed by atoms with Crippen LogP contribution in [0.25, 0.3) is 0 Å². The molecule has 0 spiro atoms. The van der Waals surface area contributed by atoms with Crippen molar-refractivity contribution in [3.05, 3.63) is 64.5 Å². The Hall–Kier alpha value is -6.32. The van der Waals surface area contributed by atoms with E-state index in [1.807, 2.05) is 26.8 Å². The van der Waals surface area contributed by atoms with Crippen molar-refractivity contribution in [2.24, 2.45) is 11.0 Å². The van der Waals surface area contributed by atoms with E-state index in [-0.39, 0.29) is 80.8 Å². The standard InChI is InChI=1S/C54H71ClN8O16S2/c1-30-14-12-15-39(74-11)54(72)26-38(76-51(71)58-54)31(2)48-53(7,78-48)40(25-45(68)62(9)36-23-34(22-30)24-37(73-10)47(36)55)77-49(70)33(4)61(8)42(65)19-21-80-81-52(5,6)27-41(64)60-59-32(3)35-28-56-50(57-29-35)75-20-13-16-46(69)79-63-43(66)17-18-44(63)67/h12,14-15,23-24,28-29,31,33,38-40,48,72H,13,16-22,25-27H2,1-11H3,(H,58,71)(H,60,64)/b15-12+,30-14+,59-32+/t31-,33+,38+,39-,40+,48+,53+,54+/m1/s1. The summed E-state index contributed by atoms with van der Waals surface area (Å²) in [7, 11) is 8.71. The van der Waals surface area contributed by atoms with Gasteiger partial charge in [0.25, 0.3) is 11.8 Å². The van der Waals surface area contributed by atoms with Crippen LogP contribution in [0.1, 0.15) is 111 Å². The van der Waals surface area contributed by atoms with Gasteiger partial charge in [0, 0.05) is 87.7 Å². The fourth-order valence-electron chi connectivity index (χ4n) is 9.15. The smallest absolute Gasteiger partial charge is 0.409 e. The third-order valence-electron chi connectivity index (χ3n) is 14.1. The molecule has 4 aliphatic rings. The molecular formula is C54H71ClN8O16S2. The Morgan fingerprint density at radius 2 is 1.78 bits per heavy atom. The fraction of sp³-hybridized carbons (Fsp3) is 0.574. The largest absolute Gasteiger partial charge is 0.495 e. The molecule has 3 N–H and O–H groups in total. The summed E-state index contributed by atoms with van der Waals surface area (Å²) in [5.74, 6) is -3.80. The van der Waals surface area contributed by atoms with Gasteiger partial charge >= 0.3 is 24.0 Å². The number of amides is 6. The van der Waals surface area contributed by atoms with Crippen LogP contribution in [0.3, 0.4) is 0 Å². The Bertz CT molecular complexity index is 2790. The monoisotopic (exact) mass is 1190 g/mol. The minimum Gasteiger partial charge on any atom is -0.495 e. The van der Waals surface area contributed by atoms with E-state index in [0.29, 0.717) is 39.9 Å². The van der Waals surface area contributed by atoms with Gasteiger partial charge in [0.05, 0.1) is 44.1 Å². The van der Waals surface area contributed by atoms with Crippen LogP contribution in [0, 0.1) is 5.92 Å². The molecule has 8 atom stereocenters. The summed E-state index contributed by atoms with van der Waals surface area (Å²) in [5.41, 5.74) is 2.31. The molecule has 0 saturated carbocycles. The van der Waals surface area contributed by atoms with E-state index < -0.39 is 88.2 Å². The van der Waals surface area contributed by atoms with E-state index in [4.69, 9.17) is 44.9 Å². The van der Waals surface area contributed by atoms with Crippen molar-refractivity contribution in [2.75, 3.05) is 45.6 Å². The van der Waals surface area contributed by atoms with Gasteiger partial charge in [0.1, 0.15) is 40.7 Å². The number of epoxide rings is 1. The zero-order valence-electron chi connectivity index (χ0n) is 47.2. The molecule has 24 nitrogen and oxygen atoms in total. The molecule has 27 heteroatoms. The third kappa shape index (κ3) is 16.7. The van der Waals surface area contributed by atoms with Crippen molar-refractivity contribution in [2.45, 2.75) is 153 Å². The number of halogens is 1. The summed E-state index contributed by atoms with van der Waals surface area (Å²) in [5, 5.41) is 19.2. The second-order valence-corrected chi connectivity index (χ2v) is 24.5. The van der Waals surface area contributed by atoms with E-state index >= 15 is 0 Å². The Morgan fingerprint density at radius 1 is 1.09 bits per heavy atom. The lowest BCUT2D eigenvalue weighted by Gasteiger charge is -2.42. The number of hydroxylamine groups is 2. The number of imide groups is 1. The lowest BCUT2D eigenvalue weighted by atomic mass is 9.83. The number of carbonyl (C=O) groups excluding carboxylic acids is 8. The van der Waals surface area contributed by atoms with Gasteiger partial charge < -0.3 is 48.2 Å². The van der Waals surface area contributed by atoms with Gasteiger partial charge in [-0.15, -0.1) is 5.06 Å². The minimum absolute atomic E-state index is 0.00305. The number of likely N-dealkylation sites (N-methyl/N-ethyl adjacent to an activating group) is 1. The first-order valence-corrected chi connectivity index (χ1v) is 28.9. The number of hydrogen-bond donors (Lipinski definition) is 3. The number of nitrogens with zero attached hydrogens (tertiary/aromatic N) is 6. The Labute approximate surface area is 483 Å². The molecule has 5 heterocycles. The summed E-state index contributed by atoms with van der Waals surface area (Å²) in [4.78, 5) is 119. The molecule has 0 radical (unpaired) electrons. The van der Waals surface area contributed by atoms with Crippen LogP contribution in [0.15, 0.2) is 53.4 Å². The number of fused-ring (bicyclic) bond motifs is 5. The van der Waals surface area contributed by atoms with Crippen molar-refractivity contribution in [3.63, 3.8) is 0 Å². The van der Waals surface area contributed by atoms with Gasteiger partial charge in [0.2, 0.25) is 17.7 Å². The molecule has 81 heavy (non-hydrogen) atoms. The molecule has 6 rings (SSSR count). The van der Waals surface area contributed by atoms with Gasteiger partial charge in [-0.05, 0) is 72.1 Å². The lowest BCUT2D eigenvalue weighted by Crippen LogP contribution is -2.63. The predicted octanol–water partition coefficient (Wildman–Crippen LogP) is 5.55. The lowest BCUT2D eigenvalue weighted by molar-refractivity contribution is -0.197. The van der Waals surface area contributed by atoms with E-state index in [0.717, 1.165) is 11.1 Å². The molecule has 2 aromatic rings. The number of aromatic nitrogens is 2. The number of benzene rings is 1. The average molecular weight is 1190 g/mol. The molecule has 1 aromatic heterocycles. The maximum atomic E-state index is 14.4. The number of carbonyl (C=O) groups is 8. The molecule has 442 valence electrons. The number of hydrogen-bond acceptors (Lipinski definition) is 21. The van der Waals surface area contributed by atoms with Gasteiger partial charge in [-0.1, -0.05) is 63.9 Å². The van der Waals surface area contributed by atoms with E-state index in [1.54, 1.807) is 52.1 Å². The van der Waals surface area contributed by atoms with Crippen LogP contribution < -0.4 is 25.1 Å². The summed E-state index contributed by atoms with van der Waals surface area (Å²) < 4.78 is 34.4. The zero-order valence-corrected chi connectivity index (χ0v) is 49.6. The number of hydrazone groups is 1. The Morgan fingerprint density at radius 3 is 2.44 bits per heavy atom. The van der Waals surface area contributed by atoms with Gasteiger partial charge in [-0.2, -0.15) is 5.10 Å². The Kier molecular flexibility index (Phi) is 21.8. The summed E-state index contributed by atoms with van der Waals surface area (Å²) in [6, 6.07) is 2.47. The van der Waals surface area contributed by atoms with Gasteiger partial charge in [0.15, 0.2) is 5.72 Å². The van der Waals surface area contributed by atoms with Crippen molar-refractivity contribution in [3.8, 4) is 11.8 Å². The SMILES string of the molecule is COc1cc2cc(c1Cl)N(C)C(=O)C[C@H](OC(=O)[C@H](C)N(C)C(=O)CCSSC(C)(C)CC(=O)N/N=C(\C)c1cnc(OCCCC(=O)ON3C(=O)CCC3=O)nc1)[C@]1(C)O[C@H]1[C@H](C)[C@@H]1C[C@@](O)(NC(=O)O1)[C@H](OC)/C=C/C=C(\C)C2. The quantitative estimate of drug-likeness (QED) is 0.0278. The van der Waals surface area contributed by atoms with Crippen LogP contribution in [-0.4, -0.2) is 166 Å².